The van der Waals surface area contributed by atoms with Gasteiger partial charge in [0, 0.05) is 38.1 Å². The van der Waals surface area contributed by atoms with E-state index in [1.54, 1.807) is 12.4 Å². The first-order valence-electron chi connectivity index (χ1n) is 10.3. The first-order valence-corrected chi connectivity index (χ1v) is 10.3. The fourth-order valence-electron chi connectivity index (χ4n) is 4.80. The minimum atomic E-state index is 0.509. The van der Waals surface area contributed by atoms with E-state index in [4.69, 9.17) is 9.97 Å². The summed E-state index contributed by atoms with van der Waals surface area (Å²) < 4.78 is 1.84. The van der Waals surface area contributed by atoms with Crippen LogP contribution in [-0.4, -0.2) is 50.9 Å². The Bertz CT molecular complexity index is 960. The van der Waals surface area contributed by atoms with Crippen molar-refractivity contribution < 1.29 is 0 Å². The molecule has 2 aliphatic rings. The minimum Gasteiger partial charge on any atom is -0.356 e. The molecule has 28 heavy (non-hydrogen) atoms. The summed E-state index contributed by atoms with van der Waals surface area (Å²) in [6.07, 6.45) is 11.9. The molecule has 0 saturated carbocycles. The number of pyridine rings is 1. The maximum Gasteiger partial charge on any atom is 0.164 e. The van der Waals surface area contributed by atoms with Gasteiger partial charge in [0.15, 0.2) is 11.5 Å². The predicted molar refractivity (Wildman–Crippen MR) is 110 cm³/mol. The molecule has 0 aromatic carbocycles. The smallest absolute Gasteiger partial charge is 0.164 e. The van der Waals surface area contributed by atoms with Crippen LogP contribution >= 0.6 is 0 Å². The van der Waals surface area contributed by atoms with Crippen LogP contribution in [0.3, 0.4) is 0 Å². The Morgan fingerprint density at radius 1 is 1.00 bits per heavy atom. The van der Waals surface area contributed by atoms with E-state index < -0.39 is 0 Å². The second-order valence-electron chi connectivity index (χ2n) is 8.20. The number of anilines is 1. The highest BCUT2D eigenvalue weighted by Crippen LogP contribution is 2.40. The Kier molecular flexibility index (Phi) is 4.47. The van der Waals surface area contributed by atoms with Crippen LogP contribution in [0.4, 0.5) is 5.82 Å². The van der Waals surface area contributed by atoms with E-state index in [9.17, 15) is 0 Å². The predicted octanol–water partition coefficient (Wildman–Crippen LogP) is 2.79. The second kappa shape index (κ2) is 7.13. The van der Waals surface area contributed by atoms with Crippen molar-refractivity contribution in [3.05, 3.63) is 30.7 Å². The van der Waals surface area contributed by atoms with Gasteiger partial charge in [0.1, 0.15) is 5.82 Å². The molecule has 3 aromatic heterocycles. The van der Waals surface area contributed by atoms with Gasteiger partial charge in [0.25, 0.3) is 0 Å². The molecule has 5 rings (SSSR count). The molecule has 0 amide bonds. The van der Waals surface area contributed by atoms with Crippen molar-refractivity contribution in [3.8, 4) is 11.4 Å². The molecule has 2 saturated heterocycles. The van der Waals surface area contributed by atoms with Gasteiger partial charge in [-0.3, -0.25) is 9.67 Å². The third-order valence-electron chi connectivity index (χ3n) is 6.52. The largest absolute Gasteiger partial charge is 0.356 e. The van der Waals surface area contributed by atoms with Crippen LogP contribution in [0.1, 0.15) is 32.1 Å². The van der Waals surface area contributed by atoms with Gasteiger partial charge in [-0.25, -0.2) is 9.97 Å². The van der Waals surface area contributed by atoms with E-state index in [0.29, 0.717) is 5.41 Å². The molecule has 0 bridgehead atoms. The molecular formula is C21H27N7. The fourth-order valence-corrected chi connectivity index (χ4v) is 4.80. The quantitative estimate of drug-likeness (QED) is 0.740. The zero-order chi connectivity index (χ0) is 19.0. The molecule has 0 unspecified atom stereocenters. The lowest BCUT2D eigenvalue weighted by atomic mass is 9.73. The van der Waals surface area contributed by atoms with E-state index in [-0.39, 0.29) is 0 Å². The van der Waals surface area contributed by atoms with Crippen LogP contribution in [0.25, 0.3) is 22.4 Å². The molecule has 1 spiro atoms. The number of nitrogens with zero attached hydrogens (tertiary/aromatic N) is 6. The molecule has 2 fully saturated rings. The summed E-state index contributed by atoms with van der Waals surface area (Å²) in [5.74, 6) is 1.77. The van der Waals surface area contributed by atoms with Crippen molar-refractivity contribution in [1.29, 1.82) is 0 Å². The van der Waals surface area contributed by atoms with Crippen molar-refractivity contribution in [2.24, 2.45) is 12.5 Å². The number of aromatic nitrogens is 5. The van der Waals surface area contributed by atoms with Crippen LogP contribution in [-0.2, 0) is 7.05 Å². The first-order chi connectivity index (χ1) is 13.7. The summed E-state index contributed by atoms with van der Waals surface area (Å²) in [5, 5.41) is 9.02. The van der Waals surface area contributed by atoms with Crippen LogP contribution < -0.4 is 10.2 Å². The Morgan fingerprint density at radius 3 is 2.64 bits per heavy atom. The zero-order valence-corrected chi connectivity index (χ0v) is 16.4. The monoisotopic (exact) mass is 377 g/mol. The summed E-state index contributed by atoms with van der Waals surface area (Å²) in [5.41, 5.74) is 2.39. The second-order valence-corrected chi connectivity index (χ2v) is 8.20. The Morgan fingerprint density at radius 2 is 1.82 bits per heavy atom. The van der Waals surface area contributed by atoms with E-state index in [0.717, 1.165) is 54.4 Å². The maximum absolute atomic E-state index is 5.00. The van der Waals surface area contributed by atoms with E-state index in [1.165, 1.54) is 32.1 Å². The average Bonchev–Trinajstić information content (AvgIpc) is 3.00. The Hall–Kier alpha value is -2.54. The molecule has 0 aliphatic carbocycles. The molecule has 1 N–H and O–H groups in total. The molecule has 5 heterocycles. The third-order valence-corrected chi connectivity index (χ3v) is 6.52. The van der Waals surface area contributed by atoms with Gasteiger partial charge in [0.05, 0.1) is 11.6 Å². The van der Waals surface area contributed by atoms with E-state index in [2.05, 4.69) is 20.3 Å². The lowest BCUT2D eigenvalue weighted by molar-refractivity contribution is 0.178. The lowest BCUT2D eigenvalue weighted by Crippen LogP contribution is -2.37. The van der Waals surface area contributed by atoms with Gasteiger partial charge >= 0.3 is 0 Å². The van der Waals surface area contributed by atoms with Gasteiger partial charge < -0.3 is 10.2 Å². The molecular weight excluding hydrogens is 350 g/mol. The zero-order valence-electron chi connectivity index (χ0n) is 16.4. The lowest BCUT2D eigenvalue weighted by Gasteiger charge is -2.37. The highest BCUT2D eigenvalue weighted by molar-refractivity contribution is 5.88. The van der Waals surface area contributed by atoms with Gasteiger partial charge in [-0.1, -0.05) is 0 Å². The first kappa shape index (κ1) is 17.6. The van der Waals surface area contributed by atoms with Crippen molar-refractivity contribution >= 4 is 16.9 Å². The molecule has 0 radical (unpaired) electrons. The van der Waals surface area contributed by atoms with Gasteiger partial charge in [-0.2, -0.15) is 5.10 Å². The normalized spacial score (nSPS) is 19.8. The van der Waals surface area contributed by atoms with Crippen LogP contribution in [0, 0.1) is 5.41 Å². The molecule has 146 valence electrons. The van der Waals surface area contributed by atoms with Gasteiger partial charge in [-0.05, 0) is 62.7 Å². The van der Waals surface area contributed by atoms with Crippen molar-refractivity contribution in [1.82, 2.24) is 30.0 Å². The fraction of sp³-hybridized carbons (Fsp3) is 0.524. The Balaban J connectivity index is 1.53. The average molecular weight is 377 g/mol. The highest BCUT2D eigenvalue weighted by Gasteiger charge is 2.34. The van der Waals surface area contributed by atoms with Gasteiger partial charge in [0.2, 0.25) is 0 Å². The number of hydrogen-bond acceptors (Lipinski definition) is 6. The highest BCUT2D eigenvalue weighted by atomic mass is 15.3. The summed E-state index contributed by atoms with van der Waals surface area (Å²) in [6.45, 7) is 4.42. The van der Waals surface area contributed by atoms with Crippen molar-refractivity contribution in [2.45, 2.75) is 32.1 Å². The van der Waals surface area contributed by atoms with Crippen molar-refractivity contribution in [3.63, 3.8) is 0 Å². The van der Waals surface area contributed by atoms with Crippen LogP contribution in [0.15, 0.2) is 30.7 Å². The summed E-state index contributed by atoms with van der Waals surface area (Å²) >= 11 is 0. The Labute approximate surface area is 165 Å². The van der Waals surface area contributed by atoms with Crippen molar-refractivity contribution in [2.75, 3.05) is 31.1 Å². The summed E-state index contributed by atoms with van der Waals surface area (Å²) in [7, 11) is 1.95. The minimum absolute atomic E-state index is 0.509. The maximum atomic E-state index is 5.00. The SMILES string of the molecule is Cn1ncc2c(N3CCCC4(CCNCC4)CC3)nc(-c3ccncc3)nc21. The number of rotatable bonds is 2. The molecule has 7 heteroatoms. The summed E-state index contributed by atoms with van der Waals surface area (Å²) in [6, 6.07) is 3.93. The van der Waals surface area contributed by atoms with Gasteiger partial charge in [-0.15, -0.1) is 0 Å². The molecule has 3 aromatic rings. The van der Waals surface area contributed by atoms with Crippen LogP contribution in [0.2, 0.25) is 0 Å². The number of fused-ring (bicyclic) bond motifs is 1. The molecule has 2 aliphatic heterocycles. The number of hydrogen-bond donors (Lipinski definition) is 1. The topological polar surface area (TPSA) is 71.8 Å². The standard InChI is InChI=1S/C21H27N7/c1-27-19-17(15-24-27)20(26-18(25-19)16-3-9-22-10-4-16)28-13-2-5-21(8-14-28)6-11-23-12-7-21/h3-4,9-10,15,23H,2,5-8,11-14H2,1H3. The number of nitrogens with one attached hydrogen (secondary N) is 1. The summed E-state index contributed by atoms with van der Waals surface area (Å²) in [4.78, 5) is 16.4. The number of piperidine rings is 1. The van der Waals surface area contributed by atoms with E-state index >= 15 is 0 Å². The van der Waals surface area contributed by atoms with E-state index in [1.807, 2.05) is 30.1 Å². The third kappa shape index (κ3) is 3.13. The number of aryl methyl sites for hydroxylation is 1. The molecule has 7 nitrogen and oxygen atoms in total. The van der Waals surface area contributed by atoms with Crippen LogP contribution in [0.5, 0.6) is 0 Å². The molecule has 0 atom stereocenters.